The maximum atomic E-state index is 12.5. The Morgan fingerprint density at radius 1 is 1.24 bits per heavy atom. The standard InChI is InChI=1S/C16H29NO4/c1-7-10-17(13(20)21-14(2,3)4)16(12(18)19)9-8-15(5,6)11-16/h7-11H2,1-6H3,(H,18,19). The van der Waals surface area contributed by atoms with Gasteiger partial charge in [0.25, 0.3) is 0 Å². The Morgan fingerprint density at radius 3 is 2.14 bits per heavy atom. The van der Waals surface area contributed by atoms with Gasteiger partial charge in [-0.1, -0.05) is 20.8 Å². The number of ether oxygens (including phenoxy) is 1. The molecule has 1 N–H and O–H groups in total. The molecule has 0 aromatic heterocycles. The van der Waals surface area contributed by atoms with Gasteiger partial charge in [0.1, 0.15) is 11.1 Å². The Labute approximate surface area is 127 Å². The van der Waals surface area contributed by atoms with Crippen molar-refractivity contribution in [1.82, 2.24) is 4.90 Å². The Kier molecular flexibility index (Phi) is 4.96. The lowest BCUT2D eigenvalue weighted by Gasteiger charge is -2.39. The smallest absolute Gasteiger partial charge is 0.411 e. The van der Waals surface area contributed by atoms with Crippen LogP contribution in [0.2, 0.25) is 0 Å². The molecule has 1 atom stereocenters. The SMILES string of the molecule is CCCN(C(=O)OC(C)(C)C)C1(C(=O)O)CCC(C)(C)C1. The molecule has 5 nitrogen and oxygen atoms in total. The third-order valence-electron chi connectivity index (χ3n) is 3.96. The summed E-state index contributed by atoms with van der Waals surface area (Å²) >= 11 is 0. The molecule has 0 spiro atoms. The Bertz CT molecular complexity index is 411. The van der Waals surface area contributed by atoms with Crippen LogP contribution < -0.4 is 0 Å². The minimum absolute atomic E-state index is 0.0770. The van der Waals surface area contributed by atoms with E-state index in [-0.39, 0.29) is 5.41 Å². The molecule has 5 heteroatoms. The third-order valence-corrected chi connectivity index (χ3v) is 3.96. The summed E-state index contributed by atoms with van der Waals surface area (Å²) in [5.74, 6) is -0.924. The van der Waals surface area contributed by atoms with Gasteiger partial charge in [0.05, 0.1) is 0 Å². The lowest BCUT2D eigenvalue weighted by Crippen LogP contribution is -2.57. The van der Waals surface area contributed by atoms with Crippen molar-refractivity contribution < 1.29 is 19.4 Å². The number of carbonyl (C=O) groups is 2. The van der Waals surface area contributed by atoms with Crippen molar-refractivity contribution in [3.05, 3.63) is 0 Å². The van der Waals surface area contributed by atoms with E-state index in [0.29, 0.717) is 25.8 Å². The highest BCUT2D eigenvalue weighted by Crippen LogP contribution is 2.47. The number of carboxylic acid groups (broad SMARTS) is 1. The normalized spacial score (nSPS) is 24.7. The monoisotopic (exact) mass is 299 g/mol. The van der Waals surface area contributed by atoms with Crippen LogP contribution in [-0.4, -0.2) is 39.8 Å². The van der Waals surface area contributed by atoms with Crippen LogP contribution in [0.15, 0.2) is 0 Å². The molecule has 1 rings (SSSR count). The molecule has 0 aromatic rings. The molecule has 0 heterocycles. The molecule has 1 saturated carbocycles. The Hall–Kier alpha value is -1.26. The number of carboxylic acids is 1. The predicted molar refractivity (Wildman–Crippen MR) is 81.2 cm³/mol. The van der Waals surface area contributed by atoms with Gasteiger partial charge in [0, 0.05) is 6.54 Å². The maximum Gasteiger partial charge on any atom is 0.411 e. The molecular formula is C16H29NO4. The van der Waals surface area contributed by atoms with E-state index in [0.717, 1.165) is 6.42 Å². The summed E-state index contributed by atoms with van der Waals surface area (Å²) in [6, 6.07) is 0. The number of nitrogens with zero attached hydrogens (tertiary/aromatic N) is 1. The van der Waals surface area contributed by atoms with E-state index >= 15 is 0 Å². The molecule has 0 aliphatic heterocycles. The zero-order valence-electron chi connectivity index (χ0n) is 14.2. The van der Waals surface area contributed by atoms with Crippen molar-refractivity contribution in [2.45, 2.75) is 78.4 Å². The van der Waals surface area contributed by atoms with Crippen LogP contribution in [0.3, 0.4) is 0 Å². The average molecular weight is 299 g/mol. The first-order chi connectivity index (χ1) is 9.43. The third kappa shape index (κ3) is 4.11. The summed E-state index contributed by atoms with van der Waals surface area (Å²) in [5.41, 5.74) is -1.84. The topological polar surface area (TPSA) is 66.8 Å². The minimum Gasteiger partial charge on any atom is -0.479 e. The lowest BCUT2D eigenvalue weighted by molar-refractivity contribution is -0.151. The van der Waals surface area contributed by atoms with Gasteiger partial charge in [-0.05, 0) is 51.9 Å². The first-order valence-electron chi connectivity index (χ1n) is 7.67. The van der Waals surface area contributed by atoms with Crippen molar-refractivity contribution in [2.75, 3.05) is 6.54 Å². The van der Waals surface area contributed by atoms with Gasteiger partial charge in [0.15, 0.2) is 0 Å². The van der Waals surface area contributed by atoms with Gasteiger partial charge in [-0.3, -0.25) is 4.90 Å². The van der Waals surface area contributed by atoms with Gasteiger partial charge in [0.2, 0.25) is 0 Å². The van der Waals surface area contributed by atoms with Crippen molar-refractivity contribution in [2.24, 2.45) is 5.41 Å². The summed E-state index contributed by atoms with van der Waals surface area (Å²) in [6.45, 7) is 11.8. The van der Waals surface area contributed by atoms with Crippen molar-refractivity contribution in [3.63, 3.8) is 0 Å². The van der Waals surface area contributed by atoms with Crippen LogP contribution in [0.1, 0.15) is 67.2 Å². The van der Waals surface area contributed by atoms with Crippen LogP contribution in [0.25, 0.3) is 0 Å². The lowest BCUT2D eigenvalue weighted by atomic mass is 9.86. The molecule has 1 aliphatic rings. The van der Waals surface area contributed by atoms with Crippen LogP contribution in [0.5, 0.6) is 0 Å². The molecule has 21 heavy (non-hydrogen) atoms. The summed E-state index contributed by atoms with van der Waals surface area (Å²) < 4.78 is 5.43. The molecule has 0 bridgehead atoms. The number of hydrogen-bond acceptors (Lipinski definition) is 3. The zero-order chi connectivity index (χ0) is 16.5. The van der Waals surface area contributed by atoms with E-state index in [9.17, 15) is 14.7 Å². The second-order valence-corrected chi connectivity index (χ2v) is 7.81. The van der Waals surface area contributed by atoms with Gasteiger partial charge in [-0.15, -0.1) is 0 Å². The van der Waals surface area contributed by atoms with E-state index in [1.165, 1.54) is 4.90 Å². The number of aliphatic carboxylic acids is 1. The van der Waals surface area contributed by atoms with Gasteiger partial charge in [-0.25, -0.2) is 9.59 Å². The highest BCUT2D eigenvalue weighted by Gasteiger charge is 2.54. The second-order valence-electron chi connectivity index (χ2n) is 7.81. The summed E-state index contributed by atoms with van der Waals surface area (Å²) in [5, 5.41) is 9.79. The van der Waals surface area contributed by atoms with Crippen LogP contribution in [0, 0.1) is 5.41 Å². The molecule has 0 aromatic carbocycles. The van der Waals surface area contributed by atoms with E-state index in [1.807, 2.05) is 6.92 Å². The molecular weight excluding hydrogens is 270 g/mol. The zero-order valence-corrected chi connectivity index (χ0v) is 14.2. The average Bonchev–Trinajstić information content (AvgIpc) is 2.61. The molecule has 1 unspecified atom stereocenters. The number of amides is 1. The second kappa shape index (κ2) is 5.85. The highest BCUT2D eigenvalue weighted by molar-refractivity contribution is 5.85. The number of rotatable bonds is 4. The fourth-order valence-corrected chi connectivity index (χ4v) is 3.06. The summed E-state index contributed by atoms with van der Waals surface area (Å²) in [7, 11) is 0. The fourth-order valence-electron chi connectivity index (χ4n) is 3.06. The van der Waals surface area contributed by atoms with Gasteiger partial charge >= 0.3 is 12.1 Å². The van der Waals surface area contributed by atoms with Crippen LogP contribution in [0.4, 0.5) is 4.79 Å². The highest BCUT2D eigenvalue weighted by atomic mass is 16.6. The first-order valence-corrected chi connectivity index (χ1v) is 7.67. The Morgan fingerprint density at radius 2 is 1.81 bits per heavy atom. The molecule has 1 aliphatic carbocycles. The van der Waals surface area contributed by atoms with Gasteiger partial charge < -0.3 is 9.84 Å². The maximum absolute atomic E-state index is 12.5. The van der Waals surface area contributed by atoms with Crippen LogP contribution in [-0.2, 0) is 9.53 Å². The van der Waals surface area contributed by atoms with E-state index in [4.69, 9.17) is 4.74 Å². The van der Waals surface area contributed by atoms with E-state index in [1.54, 1.807) is 20.8 Å². The quantitative estimate of drug-likeness (QED) is 0.860. The van der Waals surface area contributed by atoms with E-state index < -0.39 is 23.2 Å². The largest absolute Gasteiger partial charge is 0.479 e. The predicted octanol–water partition coefficient (Wildman–Crippen LogP) is 3.67. The molecule has 122 valence electrons. The number of carbonyl (C=O) groups excluding carboxylic acids is 1. The van der Waals surface area contributed by atoms with Crippen LogP contribution >= 0.6 is 0 Å². The van der Waals surface area contributed by atoms with Crippen molar-refractivity contribution in [3.8, 4) is 0 Å². The van der Waals surface area contributed by atoms with Crippen molar-refractivity contribution in [1.29, 1.82) is 0 Å². The number of hydrogen-bond donors (Lipinski definition) is 1. The summed E-state index contributed by atoms with van der Waals surface area (Å²) in [6.07, 6.45) is 1.92. The fraction of sp³-hybridized carbons (Fsp3) is 0.875. The molecule has 0 saturated heterocycles. The first kappa shape index (κ1) is 17.8. The van der Waals surface area contributed by atoms with E-state index in [2.05, 4.69) is 13.8 Å². The van der Waals surface area contributed by atoms with Crippen molar-refractivity contribution >= 4 is 12.1 Å². The molecule has 1 amide bonds. The van der Waals surface area contributed by atoms with Gasteiger partial charge in [-0.2, -0.15) is 0 Å². The summed E-state index contributed by atoms with van der Waals surface area (Å²) in [4.78, 5) is 25.9. The molecule has 0 radical (unpaired) electrons. The minimum atomic E-state index is -1.14. The Balaban J connectivity index is 3.11. The molecule has 1 fully saturated rings.